The number of rotatable bonds is 7. The smallest absolute Gasteiger partial charge is 0.239 e. The van der Waals surface area contributed by atoms with Crippen molar-refractivity contribution in [2.24, 2.45) is 5.92 Å². The summed E-state index contributed by atoms with van der Waals surface area (Å²) in [7, 11) is 4.00. The number of hydrogen-bond acceptors (Lipinski definition) is 7. The fourth-order valence-electron chi connectivity index (χ4n) is 7.61. The van der Waals surface area contributed by atoms with Crippen molar-refractivity contribution >= 4 is 11.8 Å². The van der Waals surface area contributed by atoms with Gasteiger partial charge >= 0.3 is 0 Å². The Morgan fingerprint density at radius 2 is 1.78 bits per heavy atom. The van der Waals surface area contributed by atoms with Gasteiger partial charge in [-0.3, -0.25) is 24.3 Å². The number of piperazine rings is 1. The van der Waals surface area contributed by atoms with E-state index in [0.29, 0.717) is 31.2 Å². The largest absolute Gasteiger partial charge is 0.381 e. The molecule has 0 radical (unpaired) electrons. The number of methoxy groups -OCH3 is 1. The third-order valence-corrected chi connectivity index (χ3v) is 10.1. The minimum absolute atomic E-state index is 0.0627. The second-order valence-corrected chi connectivity index (χ2v) is 12.2. The first kappa shape index (κ1) is 27.3. The van der Waals surface area contributed by atoms with Gasteiger partial charge in [0.15, 0.2) is 0 Å². The molecule has 4 atom stereocenters. The zero-order valence-corrected chi connectivity index (χ0v) is 23.2. The molecule has 4 heterocycles. The summed E-state index contributed by atoms with van der Waals surface area (Å²) in [4.78, 5) is 35.7. The molecule has 5 fully saturated rings. The van der Waals surface area contributed by atoms with Crippen LogP contribution in [0.2, 0.25) is 0 Å². The van der Waals surface area contributed by atoms with Gasteiger partial charge in [0, 0.05) is 71.4 Å². The Hall–Kier alpha value is -1.26. The van der Waals surface area contributed by atoms with E-state index in [4.69, 9.17) is 4.74 Å². The maximum absolute atomic E-state index is 13.2. The number of amides is 2. The first-order valence-corrected chi connectivity index (χ1v) is 15.0. The number of nitrogens with one attached hydrogen (secondary N) is 2. The van der Waals surface area contributed by atoms with E-state index in [1.807, 2.05) is 7.11 Å². The number of carbonyl (C=O) groups excluding carboxylic acids is 2. The Kier molecular flexibility index (Phi) is 9.40. The zero-order chi connectivity index (χ0) is 25.8. The van der Waals surface area contributed by atoms with E-state index in [1.54, 1.807) is 0 Å². The molecule has 210 valence electrons. The molecule has 0 aromatic carbocycles. The van der Waals surface area contributed by atoms with Gasteiger partial charge in [0.2, 0.25) is 11.8 Å². The Labute approximate surface area is 223 Å². The highest BCUT2D eigenvalue weighted by Crippen LogP contribution is 2.32. The molecule has 9 heteroatoms. The quantitative estimate of drug-likeness (QED) is 0.522. The number of likely N-dealkylation sites (N-methyl/N-ethyl adjacent to an activating group) is 1. The number of carbonyl (C=O) groups is 2. The standard InChI is InChI=1S/C28H50N6O3/c1-31-22(8-11-26(35)33-17-15-32(16-18-33)25-5-3-4-13-29-25)19-30-28(36)27-24(31)12-14-34(27)20-21-6-9-23(37-2)10-7-21/h21-25,27,29H,3-20H2,1-2H3,(H,30,36)/t21?,22-,23?,24-,25?,27-/m0/s1. The van der Waals surface area contributed by atoms with E-state index >= 15 is 0 Å². The lowest BCUT2D eigenvalue weighted by Crippen LogP contribution is -2.56. The van der Waals surface area contributed by atoms with Crippen LogP contribution in [-0.4, -0.2) is 128 Å². The average molecular weight is 519 g/mol. The normalized spacial score (nSPS) is 36.7. The second-order valence-electron chi connectivity index (χ2n) is 12.2. The fourth-order valence-corrected chi connectivity index (χ4v) is 7.61. The summed E-state index contributed by atoms with van der Waals surface area (Å²) < 4.78 is 5.55. The third kappa shape index (κ3) is 6.49. The number of nitrogens with zero attached hydrogens (tertiary/aromatic N) is 4. The predicted octanol–water partition coefficient (Wildman–Crippen LogP) is 1.09. The summed E-state index contributed by atoms with van der Waals surface area (Å²) in [6.07, 6.45) is 11.8. The molecule has 1 saturated carbocycles. The Bertz CT molecular complexity index is 761. The van der Waals surface area contributed by atoms with Crippen molar-refractivity contribution in [2.45, 2.75) is 94.6 Å². The number of likely N-dealkylation sites (tertiary alicyclic amines) is 1. The molecule has 4 saturated heterocycles. The Balaban J connectivity index is 1.09. The van der Waals surface area contributed by atoms with Gasteiger partial charge in [-0.25, -0.2) is 0 Å². The van der Waals surface area contributed by atoms with Crippen LogP contribution in [0.5, 0.6) is 0 Å². The van der Waals surface area contributed by atoms with Crippen molar-refractivity contribution in [3.05, 3.63) is 0 Å². The first-order chi connectivity index (χ1) is 18.0. The van der Waals surface area contributed by atoms with Gasteiger partial charge in [-0.1, -0.05) is 0 Å². The molecule has 0 bridgehead atoms. The summed E-state index contributed by atoms with van der Waals surface area (Å²) in [6.45, 7) is 7.37. The molecule has 37 heavy (non-hydrogen) atoms. The molecule has 0 aromatic rings. The Morgan fingerprint density at radius 1 is 1.00 bits per heavy atom. The van der Waals surface area contributed by atoms with Gasteiger partial charge in [0.25, 0.3) is 0 Å². The summed E-state index contributed by atoms with van der Waals surface area (Å²) in [5.74, 6) is 1.12. The van der Waals surface area contributed by atoms with Crippen LogP contribution in [0, 0.1) is 5.92 Å². The summed E-state index contributed by atoms with van der Waals surface area (Å²) in [5, 5.41) is 6.88. The number of ether oxygens (including phenoxy) is 1. The molecular weight excluding hydrogens is 468 g/mol. The summed E-state index contributed by atoms with van der Waals surface area (Å²) >= 11 is 0. The van der Waals surface area contributed by atoms with E-state index < -0.39 is 0 Å². The monoisotopic (exact) mass is 518 g/mol. The molecule has 5 rings (SSSR count). The molecule has 5 aliphatic rings. The van der Waals surface area contributed by atoms with E-state index in [0.717, 1.165) is 71.5 Å². The lowest BCUT2D eigenvalue weighted by Gasteiger charge is -2.41. The van der Waals surface area contributed by atoms with Crippen molar-refractivity contribution in [1.82, 2.24) is 30.2 Å². The third-order valence-electron chi connectivity index (χ3n) is 10.1. The van der Waals surface area contributed by atoms with Crippen molar-refractivity contribution in [3.63, 3.8) is 0 Å². The first-order valence-electron chi connectivity index (χ1n) is 15.0. The maximum atomic E-state index is 13.2. The lowest BCUT2D eigenvalue weighted by atomic mass is 9.87. The fraction of sp³-hybridized carbons (Fsp3) is 0.929. The van der Waals surface area contributed by atoms with Gasteiger partial charge in [-0.2, -0.15) is 0 Å². The average Bonchev–Trinajstić information content (AvgIpc) is 3.32. The minimum atomic E-state index is -0.0627. The molecule has 2 N–H and O–H groups in total. The van der Waals surface area contributed by atoms with E-state index in [1.165, 1.54) is 32.1 Å². The SMILES string of the molecule is COC1CCC(CN2CC[C@H]3[C@H]2C(=O)NC[C@H](CCC(=O)N2CCN(C4CCCCN4)CC2)N3C)CC1. The highest BCUT2D eigenvalue weighted by molar-refractivity contribution is 5.83. The van der Waals surface area contributed by atoms with Crippen LogP contribution in [0.25, 0.3) is 0 Å². The number of hydrogen-bond donors (Lipinski definition) is 2. The van der Waals surface area contributed by atoms with Crippen LogP contribution in [0.15, 0.2) is 0 Å². The molecule has 1 unspecified atom stereocenters. The molecular formula is C28H50N6O3. The summed E-state index contributed by atoms with van der Waals surface area (Å²) in [5.41, 5.74) is 0. The second kappa shape index (κ2) is 12.7. The van der Waals surface area contributed by atoms with Gasteiger partial charge in [0.1, 0.15) is 6.04 Å². The van der Waals surface area contributed by atoms with Crippen LogP contribution < -0.4 is 10.6 Å². The van der Waals surface area contributed by atoms with Crippen molar-refractivity contribution in [1.29, 1.82) is 0 Å². The van der Waals surface area contributed by atoms with E-state index in [-0.39, 0.29) is 29.9 Å². The highest BCUT2D eigenvalue weighted by atomic mass is 16.5. The van der Waals surface area contributed by atoms with Crippen LogP contribution in [0.1, 0.15) is 64.2 Å². The van der Waals surface area contributed by atoms with Gasteiger partial charge < -0.3 is 20.3 Å². The molecule has 2 amide bonds. The minimum Gasteiger partial charge on any atom is -0.381 e. The number of fused-ring (bicyclic) bond motifs is 1. The maximum Gasteiger partial charge on any atom is 0.239 e. The number of piperidine rings is 1. The molecule has 9 nitrogen and oxygen atoms in total. The van der Waals surface area contributed by atoms with Crippen LogP contribution in [-0.2, 0) is 14.3 Å². The van der Waals surface area contributed by atoms with Gasteiger partial charge in [0.05, 0.1) is 12.3 Å². The molecule has 1 aliphatic carbocycles. The highest BCUT2D eigenvalue weighted by Gasteiger charge is 2.45. The Morgan fingerprint density at radius 3 is 2.49 bits per heavy atom. The van der Waals surface area contributed by atoms with Gasteiger partial charge in [-0.15, -0.1) is 0 Å². The summed E-state index contributed by atoms with van der Waals surface area (Å²) in [6, 6.07) is 0.393. The lowest BCUT2D eigenvalue weighted by molar-refractivity contribution is -0.134. The van der Waals surface area contributed by atoms with Gasteiger partial charge in [-0.05, 0) is 77.3 Å². The van der Waals surface area contributed by atoms with Crippen LogP contribution >= 0.6 is 0 Å². The van der Waals surface area contributed by atoms with Crippen molar-refractivity contribution in [3.8, 4) is 0 Å². The van der Waals surface area contributed by atoms with Crippen molar-refractivity contribution in [2.75, 3.05) is 66.5 Å². The topological polar surface area (TPSA) is 80.4 Å². The predicted molar refractivity (Wildman–Crippen MR) is 144 cm³/mol. The van der Waals surface area contributed by atoms with Crippen LogP contribution in [0.3, 0.4) is 0 Å². The van der Waals surface area contributed by atoms with E-state index in [2.05, 4.69) is 37.3 Å². The van der Waals surface area contributed by atoms with Crippen molar-refractivity contribution < 1.29 is 14.3 Å². The molecule has 0 spiro atoms. The van der Waals surface area contributed by atoms with E-state index in [9.17, 15) is 9.59 Å². The molecule has 0 aromatic heterocycles. The molecule has 4 aliphatic heterocycles. The zero-order valence-electron chi connectivity index (χ0n) is 23.2. The van der Waals surface area contributed by atoms with Crippen LogP contribution in [0.4, 0.5) is 0 Å².